The highest BCUT2D eigenvalue weighted by Crippen LogP contribution is 2.28. The van der Waals surface area contributed by atoms with Crippen LogP contribution < -0.4 is 11.1 Å². The number of hydrogen-bond acceptors (Lipinski definition) is 5. The number of rotatable bonds is 10. The van der Waals surface area contributed by atoms with Crippen molar-refractivity contribution in [2.24, 2.45) is 5.73 Å². The Morgan fingerprint density at radius 2 is 2.19 bits per heavy atom. The number of halogens is 3. The smallest absolute Gasteiger partial charge is 0.379 e. The lowest BCUT2D eigenvalue weighted by atomic mass is 10.1. The quantitative estimate of drug-likeness (QED) is 0.540. The van der Waals surface area contributed by atoms with E-state index in [0.717, 1.165) is 12.0 Å². The van der Waals surface area contributed by atoms with Gasteiger partial charge in [-0.2, -0.15) is 13.2 Å². The van der Waals surface area contributed by atoms with Gasteiger partial charge in [0.25, 0.3) is 0 Å². The number of alkyl halides is 3. The number of aromatic nitrogens is 2. The molecule has 2 unspecified atom stereocenters. The fourth-order valence-electron chi connectivity index (χ4n) is 2.75. The van der Waals surface area contributed by atoms with E-state index in [0.29, 0.717) is 30.7 Å². The van der Waals surface area contributed by atoms with Gasteiger partial charge in [-0.1, -0.05) is 6.07 Å². The van der Waals surface area contributed by atoms with Gasteiger partial charge in [0.05, 0.1) is 29.6 Å². The lowest BCUT2D eigenvalue weighted by Crippen LogP contribution is -2.33. The molecule has 0 fully saturated rings. The maximum atomic E-state index is 12.7. The van der Waals surface area contributed by atoms with E-state index < -0.39 is 24.7 Å². The predicted molar refractivity (Wildman–Crippen MR) is 94.9 cm³/mol. The van der Waals surface area contributed by atoms with Crippen molar-refractivity contribution in [2.75, 3.05) is 27.2 Å². The van der Waals surface area contributed by atoms with Crippen LogP contribution in [0.15, 0.2) is 18.2 Å². The number of methoxy groups -OCH3 is 1. The number of aromatic amines is 1. The average molecular weight is 387 g/mol. The topological polar surface area (TPSA) is 96.3 Å². The van der Waals surface area contributed by atoms with Gasteiger partial charge in [0.2, 0.25) is 6.41 Å². The lowest BCUT2D eigenvalue weighted by molar-refractivity contribution is -0.160. The molecule has 10 heteroatoms. The van der Waals surface area contributed by atoms with E-state index in [4.69, 9.17) is 10.5 Å². The Labute approximate surface area is 155 Å². The summed E-state index contributed by atoms with van der Waals surface area (Å²) in [5.74, 6) is 0.223. The summed E-state index contributed by atoms with van der Waals surface area (Å²) in [6.07, 6.45) is -6.01. The largest absolute Gasteiger partial charge is 0.391 e. The molecule has 0 aliphatic rings. The van der Waals surface area contributed by atoms with E-state index in [1.807, 2.05) is 6.07 Å². The van der Waals surface area contributed by atoms with E-state index in [1.54, 1.807) is 24.1 Å². The number of amides is 1. The maximum absolute atomic E-state index is 12.7. The van der Waals surface area contributed by atoms with Crippen LogP contribution in [0.3, 0.4) is 0 Å². The van der Waals surface area contributed by atoms with E-state index in [-0.39, 0.29) is 5.82 Å². The summed E-state index contributed by atoms with van der Waals surface area (Å²) in [6.45, 7) is 1.64. The Kier molecular flexibility index (Phi) is 7.17. The number of carbonyl (C=O) groups is 1. The van der Waals surface area contributed by atoms with Crippen molar-refractivity contribution in [3.63, 3.8) is 0 Å². The fourth-order valence-corrected chi connectivity index (χ4v) is 2.75. The van der Waals surface area contributed by atoms with Gasteiger partial charge in [-0.15, -0.1) is 0 Å². The Morgan fingerprint density at radius 1 is 1.44 bits per heavy atom. The molecule has 0 aliphatic heterocycles. The van der Waals surface area contributed by atoms with Crippen molar-refractivity contribution in [1.82, 2.24) is 20.2 Å². The molecule has 0 aliphatic carbocycles. The van der Waals surface area contributed by atoms with Gasteiger partial charge < -0.3 is 25.7 Å². The molecule has 27 heavy (non-hydrogen) atoms. The van der Waals surface area contributed by atoms with Crippen LogP contribution in [0.25, 0.3) is 11.0 Å². The number of ether oxygens (including phenoxy) is 1. The molecular weight excluding hydrogens is 363 g/mol. The molecule has 1 aromatic heterocycles. The second-order valence-electron chi connectivity index (χ2n) is 6.27. The van der Waals surface area contributed by atoms with E-state index >= 15 is 0 Å². The number of nitrogens with zero attached hydrogens (tertiary/aromatic N) is 2. The highest BCUT2D eigenvalue weighted by atomic mass is 19.4. The number of hydrogen-bond donors (Lipinski definition) is 3. The fraction of sp³-hybridized carbons (Fsp3) is 0.529. The van der Waals surface area contributed by atoms with Gasteiger partial charge in [-0.3, -0.25) is 4.79 Å². The summed E-state index contributed by atoms with van der Waals surface area (Å²) < 4.78 is 42.9. The third kappa shape index (κ3) is 5.91. The van der Waals surface area contributed by atoms with Crippen LogP contribution >= 0.6 is 0 Å². The van der Waals surface area contributed by atoms with Crippen LogP contribution in [0.5, 0.6) is 0 Å². The van der Waals surface area contributed by atoms with E-state index in [9.17, 15) is 18.0 Å². The van der Waals surface area contributed by atoms with Crippen molar-refractivity contribution in [2.45, 2.75) is 31.3 Å². The summed E-state index contributed by atoms with van der Waals surface area (Å²) >= 11 is 0. The van der Waals surface area contributed by atoms with Gasteiger partial charge in [0, 0.05) is 26.7 Å². The first kappa shape index (κ1) is 21.1. The number of likely N-dealkylation sites (N-methyl/N-ethyl adjacent to an activating group) is 1. The Bertz CT molecular complexity index is 750. The third-order valence-electron chi connectivity index (χ3n) is 4.20. The molecular formula is C17H24F3N5O2. The van der Waals surface area contributed by atoms with Crippen molar-refractivity contribution >= 4 is 17.4 Å². The molecule has 1 aromatic carbocycles. The zero-order chi connectivity index (χ0) is 20.0. The first-order valence-corrected chi connectivity index (χ1v) is 8.45. The van der Waals surface area contributed by atoms with Crippen LogP contribution in [0, 0.1) is 0 Å². The minimum atomic E-state index is -4.39. The molecule has 1 heterocycles. The monoisotopic (exact) mass is 387 g/mol. The van der Waals surface area contributed by atoms with Crippen LogP contribution in [-0.2, 0) is 16.1 Å². The number of nitrogens with two attached hydrogens (primary N) is 1. The van der Waals surface area contributed by atoms with Crippen LogP contribution in [0.4, 0.5) is 13.2 Å². The van der Waals surface area contributed by atoms with E-state index in [2.05, 4.69) is 15.3 Å². The number of fused-ring (bicyclic) bond motifs is 1. The number of nitrogens with one attached hydrogen (secondary N) is 2. The molecule has 0 saturated carbocycles. The summed E-state index contributed by atoms with van der Waals surface area (Å²) in [5, 5.41) is 2.97. The number of carbonyl (C=O) groups excluding carboxylic acids is 1. The molecule has 4 N–H and O–H groups in total. The predicted octanol–water partition coefficient (Wildman–Crippen LogP) is 1.71. The summed E-state index contributed by atoms with van der Waals surface area (Å²) in [4.78, 5) is 20.0. The Balaban J connectivity index is 2.17. The van der Waals surface area contributed by atoms with Crippen LogP contribution in [0.2, 0.25) is 0 Å². The molecule has 2 rings (SSSR count). The first-order valence-electron chi connectivity index (χ1n) is 8.45. The summed E-state index contributed by atoms with van der Waals surface area (Å²) in [6, 6.07) is 4.32. The lowest BCUT2D eigenvalue weighted by Gasteiger charge is -2.22. The van der Waals surface area contributed by atoms with Crippen LogP contribution in [0.1, 0.15) is 23.9 Å². The molecule has 0 bridgehead atoms. The van der Waals surface area contributed by atoms with E-state index in [1.165, 1.54) is 7.11 Å². The highest BCUT2D eigenvalue weighted by Gasteiger charge is 2.36. The number of H-pyrrole nitrogens is 1. The van der Waals surface area contributed by atoms with Crippen molar-refractivity contribution in [3.8, 4) is 0 Å². The zero-order valence-electron chi connectivity index (χ0n) is 15.2. The van der Waals surface area contributed by atoms with Gasteiger partial charge in [0.15, 0.2) is 0 Å². The SMILES string of the molecule is CNCCN(C=O)Cc1ccc2nc(C(N)C(CC(F)(F)F)OC)[nH]c2c1. The summed E-state index contributed by atoms with van der Waals surface area (Å²) in [7, 11) is 2.99. The Morgan fingerprint density at radius 3 is 2.78 bits per heavy atom. The molecule has 2 atom stereocenters. The van der Waals surface area contributed by atoms with Gasteiger partial charge in [-0.05, 0) is 24.7 Å². The minimum Gasteiger partial charge on any atom is -0.379 e. The minimum absolute atomic E-state index is 0.223. The highest BCUT2D eigenvalue weighted by molar-refractivity contribution is 5.76. The zero-order valence-corrected chi connectivity index (χ0v) is 15.2. The van der Waals surface area contributed by atoms with Crippen molar-refractivity contribution in [1.29, 1.82) is 0 Å². The molecule has 0 spiro atoms. The molecule has 0 saturated heterocycles. The first-order chi connectivity index (χ1) is 12.8. The second kappa shape index (κ2) is 9.16. The van der Waals surface area contributed by atoms with Gasteiger partial charge in [-0.25, -0.2) is 4.98 Å². The van der Waals surface area contributed by atoms with Gasteiger partial charge in [0.1, 0.15) is 5.82 Å². The third-order valence-corrected chi connectivity index (χ3v) is 4.20. The number of benzene rings is 1. The van der Waals surface area contributed by atoms with Crippen LogP contribution in [-0.4, -0.2) is 60.8 Å². The Hall–Kier alpha value is -2.17. The summed E-state index contributed by atoms with van der Waals surface area (Å²) in [5.41, 5.74) is 8.02. The second-order valence-corrected chi connectivity index (χ2v) is 6.27. The molecule has 150 valence electrons. The molecule has 2 aromatic rings. The maximum Gasteiger partial charge on any atom is 0.391 e. The molecule has 0 radical (unpaired) electrons. The van der Waals surface area contributed by atoms with Crippen molar-refractivity contribution < 1.29 is 22.7 Å². The normalized spacial score (nSPS) is 14.3. The molecule has 7 nitrogen and oxygen atoms in total. The number of imidazole rings is 1. The average Bonchev–Trinajstić information content (AvgIpc) is 3.05. The molecule has 1 amide bonds. The van der Waals surface area contributed by atoms with Crippen molar-refractivity contribution in [3.05, 3.63) is 29.6 Å². The standard InChI is InChI=1S/C17H24F3N5O2/c1-22-5-6-25(10-26)9-11-3-4-12-13(7-11)24-16(23-12)15(21)14(27-2)8-17(18,19)20/h3-4,7,10,14-15,22H,5-6,8-9,21H2,1-2H3,(H,23,24). The van der Waals surface area contributed by atoms with Gasteiger partial charge >= 0.3 is 6.18 Å².